The second-order valence-electron chi connectivity index (χ2n) is 6.25. The van der Waals surface area contributed by atoms with Crippen LogP contribution in [0.3, 0.4) is 0 Å². The number of aliphatic hydroxyl groups excluding tert-OH is 1. The second kappa shape index (κ2) is 7.57. The number of piperidine rings is 1. The molecule has 0 spiro atoms. The summed E-state index contributed by atoms with van der Waals surface area (Å²) in [7, 11) is 0. The molecule has 2 N–H and O–H groups in total. The quantitative estimate of drug-likeness (QED) is 0.888. The fourth-order valence-corrected chi connectivity index (χ4v) is 3.05. The van der Waals surface area contributed by atoms with Gasteiger partial charge in [0, 0.05) is 24.3 Å². The Morgan fingerprint density at radius 3 is 2.76 bits per heavy atom. The zero-order chi connectivity index (χ0) is 17.8. The molecule has 1 aliphatic heterocycles. The number of nitrogens with one attached hydrogen (secondary N) is 1. The van der Waals surface area contributed by atoms with E-state index >= 15 is 0 Å². The van der Waals surface area contributed by atoms with E-state index in [0.717, 1.165) is 5.69 Å². The van der Waals surface area contributed by atoms with E-state index in [1.165, 1.54) is 24.5 Å². The second-order valence-corrected chi connectivity index (χ2v) is 6.25. The van der Waals surface area contributed by atoms with E-state index < -0.39 is 0 Å². The molecule has 6 nitrogen and oxygen atoms in total. The average Bonchev–Trinajstić information content (AvgIpc) is 2.63. The van der Waals surface area contributed by atoms with Crippen molar-refractivity contribution in [3.05, 3.63) is 53.6 Å². The van der Waals surface area contributed by atoms with Gasteiger partial charge in [-0.3, -0.25) is 4.79 Å². The molecule has 1 saturated heterocycles. The molecule has 132 valence electrons. The first-order chi connectivity index (χ1) is 12.0. The minimum atomic E-state index is -0.377. The highest BCUT2D eigenvalue weighted by molar-refractivity contribution is 5.94. The standard InChI is InChI=1S/C18H21FN4O2/c1-12(22-18(25)13-4-7-20-21-11-13)16-10-14(19)2-3-17(16)23-8-5-15(24)6-9-23/h2-4,7,10-12,15,24H,5-6,8-9H2,1H3,(H,22,25). The highest BCUT2D eigenvalue weighted by atomic mass is 19.1. The van der Waals surface area contributed by atoms with Crippen LogP contribution in [0.5, 0.6) is 0 Å². The molecule has 7 heteroatoms. The number of rotatable bonds is 4. The van der Waals surface area contributed by atoms with Crippen molar-refractivity contribution in [2.75, 3.05) is 18.0 Å². The SMILES string of the molecule is CC(NC(=O)c1ccnnc1)c1cc(F)ccc1N1CCC(O)CC1. The summed E-state index contributed by atoms with van der Waals surface area (Å²) in [5, 5.41) is 19.9. The number of halogens is 1. The predicted molar refractivity (Wildman–Crippen MR) is 91.8 cm³/mol. The van der Waals surface area contributed by atoms with Crippen LogP contribution < -0.4 is 10.2 Å². The normalized spacial score (nSPS) is 16.5. The van der Waals surface area contributed by atoms with Gasteiger partial charge in [0.15, 0.2) is 0 Å². The van der Waals surface area contributed by atoms with Gasteiger partial charge < -0.3 is 15.3 Å². The molecule has 1 amide bonds. The maximum absolute atomic E-state index is 13.8. The number of aromatic nitrogens is 2. The first-order valence-corrected chi connectivity index (χ1v) is 8.34. The van der Waals surface area contributed by atoms with Crippen molar-refractivity contribution in [1.82, 2.24) is 15.5 Å². The maximum atomic E-state index is 13.8. The van der Waals surface area contributed by atoms with Crippen LogP contribution in [0.2, 0.25) is 0 Å². The van der Waals surface area contributed by atoms with Crippen molar-refractivity contribution in [3.8, 4) is 0 Å². The summed E-state index contributed by atoms with van der Waals surface area (Å²) in [4.78, 5) is 14.4. The van der Waals surface area contributed by atoms with Gasteiger partial charge in [-0.15, -0.1) is 0 Å². The van der Waals surface area contributed by atoms with Crippen molar-refractivity contribution in [2.24, 2.45) is 0 Å². The largest absolute Gasteiger partial charge is 0.393 e. The minimum absolute atomic E-state index is 0.281. The Morgan fingerprint density at radius 2 is 2.08 bits per heavy atom. The number of amides is 1. The number of benzene rings is 1. The monoisotopic (exact) mass is 344 g/mol. The molecule has 1 atom stereocenters. The highest BCUT2D eigenvalue weighted by Gasteiger charge is 2.22. The summed E-state index contributed by atoms with van der Waals surface area (Å²) in [6, 6.07) is 5.81. The molecule has 1 unspecified atom stereocenters. The number of hydrogen-bond donors (Lipinski definition) is 2. The van der Waals surface area contributed by atoms with E-state index in [4.69, 9.17) is 0 Å². The summed E-state index contributed by atoms with van der Waals surface area (Å²) in [5.41, 5.74) is 2.00. The molecule has 1 aliphatic rings. The number of anilines is 1. The Bertz CT molecular complexity index is 733. The minimum Gasteiger partial charge on any atom is -0.393 e. The molecule has 0 saturated carbocycles. The van der Waals surface area contributed by atoms with Crippen LogP contribution in [0.1, 0.15) is 41.7 Å². The lowest BCUT2D eigenvalue weighted by Crippen LogP contribution is -2.37. The number of nitrogens with zero attached hydrogens (tertiary/aromatic N) is 3. The van der Waals surface area contributed by atoms with Crippen LogP contribution >= 0.6 is 0 Å². The number of hydrogen-bond acceptors (Lipinski definition) is 5. The van der Waals surface area contributed by atoms with Gasteiger partial charge in [0.1, 0.15) is 5.82 Å². The topological polar surface area (TPSA) is 78.4 Å². The van der Waals surface area contributed by atoms with Crippen molar-refractivity contribution >= 4 is 11.6 Å². The smallest absolute Gasteiger partial charge is 0.253 e. The Hall–Kier alpha value is -2.54. The zero-order valence-electron chi connectivity index (χ0n) is 14.0. The number of carbonyl (C=O) groups excluding carboxylic acids is 1. The molecule has 0 radical (unpaired) electrons. The van der Waals surface area contributed by atoms with Crippen LogP contribution in [0, 0.1) is 5.82 Å². The van der Waals surface area contributed by atoms with Gasteiger partial charge >= 0.3 is 0 Å². The predicted octanol–water partition coefficient (Wildman–Crippen LogP) is 2.07. The highest BCUT2D eigenvalue weighted by Crippen LogP contribution is 2.29. The van der Waals surface area contributed by atoms with Crippen LogP contribution in [-0.2, 0) is 0 Å². The van der Waals surface area contributed by atoms with Gasteiger partial charge in [-0.2, -0.15) is 10.2 Å². The van der Waals surface area contributed by atoms with E-state index in [-0.39, 0.29) is 23.9 Å². The van der Waals surface area contributed by atoms with Crippen LogP contribution in [0.15, 0.2) is 36.7 Å². The first kappa shape index (κ1) is 17.3. The van der Waals surface area contributed by atoms with E-state index in [1.54, 1.807) is 12.1 Å². The van der Waals surface area contributed by atoms with Crippen LogP contribution in [0.25, 0.3) is 0 Å². The van der Waals surface area contributed by atoms with Gasteiger partial charge in [0.05, 0.1) is 30.1 Å². The summed E-state index contributed by atoms with van der Waals surface area (Å²) in [5.74, 6) is -0.630. The Morgan fingerprint density at radius 1 is 1.32 bits per heavy atom. The molecule has 25 heavy (non-hydrogen) atoms. The average molecular weight is 344 g/mol. The molecule has 2 aromatic rings. The van der Waals surface area contributed by atoms with E-state index in [1.807, 2.05) is 6.92 Å². The van der Waals surface area contributed by atoms with Gasteiger partial charge in [-0.05, 0) is 44.0 Å². The van der Waals surface area contributed by atoms with E-state index in [0.29, 0.717) is 37.1 Å². The summed E-state index contributed by atoms with van der Waals surface area (Å²) < 4.78 is 13.8. The Labute approximate surface area is 145 Å². The van der Waals surface area contributed by atoms with Crippen molar-refractivity contribution in [1.29, 1.82) is 0 Å². The lowest BCUT2D eigenvalue weighted by Gasteiger charge is -2.34. The van der Waals surface area contributed by atoms with Crippen molar-refractivity contribution in [2.45, 2.75) is 31.9 Å². The lowest BCUT2D eigenvalue weighted by molar-refractivity contribution is 0.0939. The molecular weight excluding hydrogens is 323 g/mol. The Balaban J connectivity index is 1.80. The number of aliphatic hydroxyl groups is 1. The third-order valence-corrected chi connectivity index (χ3v) is 4.46. The molecule has 1 aromatic heterocycles. The third-order valence-electron chi connectivity index (χ3n) is 4.46. The first-order valence-electron chi connectivity index (χ1n) is 8.34. The van der Waals surface area contributed by atoms with Gasteiger partial charge in [-0.1, -0.05) is 0 Å². The zero-order valence-corrected chi connectivity index (χ0v) is 14.0. The van der Waals surface area contributed by atoms with Crippen molar-refractivity contribution < 1.29 is 14.3 Å². The van der Waals surface area contributed by atoms with Crippen molar-refractivity contribution in [3.63, 3.8) is 0 Å². The van der Waals surface area contributed by atoms with Gasteiger partial charge in [0.25, 0.3) is 5.91 Å². The van der Waals surface area contributed by atoms with Gasteiger partial charge in [-0.25, -0.2) is 4.39 Å². The van der Waals surface area contributed by atoms with Crippen LogP contribution in [0.4, 0.5) is 10.1 Å². The summed E-state index contributed by atoms with van der Waals surface area (Å²) in [6.07, 6.45) is 3.92. The summed E-state index contributed by atoms with van der Waals surface area (Å²) >= 11 is 0. The Kier molecular flexibility index (Phi) is 5.23. The molecule has 3 rings (SSSR count). The van der Waals surface area contributed by atoms with E-state index in [9.17, 15) is 14.3 Å². The lowest BCUT2D eigenvalue weighted by atomic mass is 10.0. The maximum Gasteiger partial charge on any atom is 0.253 e. The molecule has 2 heterocycles. The third kappa shape index (κ3) is 4.11. The van der Waals surface area contributed by atoms with Gasteiger partial charge in [0.2, 0.25) is 0 Å². The summed E-state index contributed by atoms with van der Waals surface area (Å²) in [6.45, 7) is 3.23. The molecule has 0 bridgehead atoms. The molecule has 0 aliphatic carbocycles. The fraction of sp³-hybridized carbons (Fsp3) is 0.389. The number of carbonyl (C=O) groups is 1. The van der Waals surface area contributed by atoms with Crippen LogP contribution in [-0.4, -0.2) is 40.4 Å². The van der Waals surface area contributed by atoms with E-state index in [2.05, 4.69) is 20.4 Å². The molecular formula is C18H21FN4O2. The fourth-order valence-electron chi connectivity index (χ4n) is 3.05. The molecule has 1 fully saturated rings. The molecule has 1 aromatic carbocycles.